The first kappa shape index (κ1) is 16.6. The third-order valence-corrected chi connectivity index (χ3v) is 2.96. The first-order valence-corrected chi connectivity index (χ1v) is 6.82. The first-order valence-electron chi connectivity index (χ1n) is 6.82. The summed E-state index contributed by atoms with van der Waals surface area (Å²) in [6, 6.07) is 9.28. The van der Waals surface area contributed by atoms with Crippen LogP contribution < -0.4 is 9.64 Å². The van der Waals surface area contributed by atoms with Gasteiger partial charge in [-0.3, -0.25) is 4.90 Å². The summed E-state index contributed by atoms with van der Waals surface area (Å²) >= 11 is 0. The second-order valence-corrected chi connectivity index (χ2v) is 4.49. The van der Waals surface area contributed by atoms with Gasteiger partial charge in [0.15, 0.2) is 0 Å². The van der Waals surface area contributed by atoms with Crippen molar-refractivity contribution in [3.63, 3.8) is 0 Å². The molecule has 0 atom stereocenters. The number of ether oxygens (including phenoxy) is 1. The number of amides is 2. The Balaban J connectivity index is 2.94. The Morgan fingerprint density at radius 1 is 1.38 bits per heavy atom. The number of anilines is 1. The Morgan fingerprint density at radius 3 is 2.57 bits per heavy atom. The quantitative estimate of drug-likeness (QED) is 0.753. The van der Waals surface area contributed by atoms with Gasteiger partial charge in [0.2, 0.25) is 0 Å². The van der Waals surface area contributed by atoms with E-state index >= 15 is 0 Å². The van der Waals surface area contributed by atoms with Crippen LogP contribution in [0.2, 0.25) is 0 Å². The maximum atomic E-state index is 12.5. The molecule has 0 spiro atoms. The van der Waals surface area contributed by atoms with Crippen molar-refractivity contribution in [2.75, 3.05) is 25.6 Å². The van der Waals surface area contributed by atoms with Crippen molar-refractivity contribution < 1.29 is 9.53 Å². The van der Waals surface area contributed by atoms with E-state index in [1.165, 1.54) is 4.90 Å². The zero-order valence-corrected chi connectivity index (χ0v) is 12.7. The minimum absolute atomic E-state index is 0.129. The van der Waals surface area contributed by atoms with Crippen molar-refractivity contribution in [3.8, 4) is 11.8 Å². The Bertz CT molecular complexity index is 517. The molecule has 0 saturated carbocycles. The van der Waals surface area contributed by atoms with Crippen LogP contribution in [0.3, 0.4) is 0 Å². The minimum Gasteiger partial charge on any atom is -0.497 e. The van der Waals surface area contributed by atoms with Gasteiger partial charge in [-0.1, -0.05) is 6.08 Å². The van der Waals surface area contributed by atoms with Gasteiger partial charge in [0, 0.05) is 31.9 Å². The van der Waals surface area contributed by atoms with Gasteiger partial charge in [0.25, 0.3) is 0 Å². The lowest BCUT2D eigenvalue weighted by Crippen LogP contribution is -2.39. The summed E-state index contributed by atoms with van der Waals surface area (Å²) in [7, 11) is 3.31. The average Bonchev–Trinajstić information content (AvgIpc) is 2.51. The molecule has 112 valence electrons. The van der Waals surface area contributed by atoms with Crippen molar-refractivity contribution in [3.05, 3.63) is 36.5 Å². The van der Waals surface area contributed by atoms with Gasteiger partial charge in [-0.25, -0.2) is 4.79 Å². The molecular weight excluding hydrogens is 266 g/mol. The fraction of sp³-hybridized carbons (Fsp3) is 0.375. The van der Waals surface area contributed by atoms with E-state index in [9.17, 15) is 4.79 Å². The zero-order valence-electron chi connectivity index (χ0n) is 12.7. The molecule has 0 aromatic heterocycles. The molecule has 0 unspecified atom stereocenters. The Kier molecular flexibility index (Phi) is 6.82. The van der Waals surface area contributed by atoms with Gasteiger partial charge in [-0.2, -0.15) is 5.26 Å². The summed E-state index contributed by atoms with van der Waals surface area (Å²) in [5.41, 5.74) is 0.787. The van der Waals surface area contributed by atoms with Gasteiger partial charge >= 0.3 is 6.03 Å². The van der Waals surface area contributed by atoms with E-state index in [4.69, 9.17) is 10.00 Å². The third kappa shape index (κ3) is 4.84. The van der Waals surface area contributed by atoms with E-state index in [0.29, 0.717) is 19.4 Å². The predicted molar refractivity (Wildman–Crippen MR) is 83.2 cm³/mol. The molecule has 0 saturated heterocycles. The van der Waals surface area contributed by atoms with Gasteiger partial charge in [0.1, 0.15) is 5.75 Å². The number of carbonyl (C=O) groups excluding carboxylic acids is 1. The molecule has 0 fully saturated rings. The van der Waals surface area contributed by atoms with E-state index < -0.39 is 0 Å². The van der Waals surface area contributed by atoms with Crippen LogP contribution in [0.25, 0.3) is 0 Å². The molecule has 0 N–H and O–H groups in total. The highest BCUT2D eigenvalue weighted by atomic mass is 16.5. The number of unbranched alkanes of at least 4 members (excludes halogenated alkanes) is 1. The fourth-order valence-corrected chi connectivity index (χ4v) is 1.89. The molecule has 2 amide bonds. The minimum atomic E-state index is -0.129. The predicted octanol–water partition coefficient (Wildman–Crippen LogP) is 3.39. The normalized spacial score (nSPS) is 10.2. The SMILES string of the molecule is C/C=C\N(C)C(=O)N(CCCC#N)c1ccc(OC)cc1. The smallest absolute Gasteiger partial charge is 0.328 e. The Hall–Kier alpha value is -2.48. The molecule has 0 heterocycles. The highest BCUT2D eigenvalue weighted by Gasteiger charge is 2.18. The number of hydrogen-bond donors (Lipinski definition) is 0. The summed E-state index contributed by atoms with van der Waals surface area (Å²) in [5, 5.41) is 8.66. The molecule has 0 radical (unpaired) electrons. The number of methoxy groups -OCH3 is 1. The maximum Gasteiger partial charge on any atom is 0.328 e. The lowest BCUT2D eigenvalue weighted by molar-refractivity contribution is 0.228. The van der Waals surface area contributed by atoms with Crippen LogP contribution in [-0.4, -0.2) is 31.6 Å². The Morgan fingerprint density at radius 2 is 2.05 bits per heavy atom. The average molecular weight is 287 g/mol. The molecular formula is C16H21N3O2. The van der Waals surface area contributed by atoms with Crippen LogP contribution in [0, 0.1) is 11.3 Å². The van der Waals surface area contributed by atoms with Gasteiger partial charge in [-0.15, -0.1) is 0 Å². The van der Waals surface area contributed by atoms with E-state index in [2.05, 4.69) is 6.07 Å². The number of benzene rings is 1. The monoisotopic (exact) mass is 287 g/mol. The maximum absolute atomic E-state index is 12.5. The third-order valence-electron chi connectivity index (χ3n) is 2.96. The van der Waals surface area contributed by atoms with E-state index in [1.807, 2.05) is 31.2 Å². The van der Waals surface area contributed by atoms with Gasteiger partial charge < -0.3 is 9.64 Å². The van der Waals surface area contributed by atoms with Crippen molar-refractivity contribution >= 4 is 11.7 Å². The molecule has 0 bridgehead atoms. The summed E-state index contributed by atoms with van der Waals surface area (Å²) < 4.78 is 5.13. The van der Waals surface area contributed by atoms with E-state index in [0.717, 1.165) is 11.4 Å². The lowest BCUT2D eigenvalue weighted by atomic mass is 10.2. The topological polar surface area (TPSA) is 56.6 Å². The van der Waals surface area contributed by atoms with Crippen LogP contribution in [0.1, 0.15) is 19.8 Å². The second-order valence-electron chi connectivity index (χ2n) is 4.49. The number of nitriles is 1. The largest absolute Gasteiger partial charge is 0.497 e. The summed E-state index contributed by atoms with van der Waals surface area (Å²) in [5.74, 6) is 0.741. The standard InChI is InChI=1S/C16H21N3O2/c1-4-12-18(2)16(20)19(13-6-5-11-17)14-7-9-15(21-3)10-8-14/h4,7-10,12H,5-6,13H2,1-3H3/b12-4-. The first-order chi connectivity index (χ1) is 10.1. The number of urea groups is 1. The van der Waals surface area contributed by atoms with Gasteiger partial charge in [0.05, 0.1) is 13.2 Å². The highest BCUT2D eigenvalue weighted by molar-refractivity contribution is 5.92. The summed E-state index contributed by atoms with van der Waals surface area (Å²) in [6.45, 7) is 2.36. The molecule has 0 aliphatic carbocycles. The fourth-order valence-electron chi connectivity index (χ4n) is 1.89. The van der Waals surface area contributed by atoms with Crippen LogP contribution in [0.4, 0.5) is 10.5 Å². The molecule has 21 heavy (non-hydrogen) atoms. The molecule has 5 nitrogen and oxygen atoms in total. The highest BCUT2D eigenvalue weighted by Crippen LogP contribution is 2.21. The molecule has 1 rings (SSSR count). The van der Waals surface area contributed by atoms with Crippen LogP contribution in [0.15, 0.2) is 36.5 Å². The zero-order chi connectivity index (χ0) is 15.7. The second kappa shape index (κ2) is 8.64. The van der Waals surface area contributed by atoms with E-state index in [1.54, 1.807) is 31.3 Å². The van der Waals surface area contributed by atoms with Crippen LogP contribution in [-0.2, 0) is 0 Å². The number of carbonyl (C=O) groups is 1. The molecule has 1 aromatic rings. The summed E-state index contributed by atoms with van der Waals surface area (Å²) in [6.07, 6.45) is 4.58. The molecule has 0 aliphatic heterocycles. The van der Waals surface area contributed by atoms with Gasteiger partial charge in [-0.05, 0) is 37.6 Å². The molecule has 5 heteroatoms. The lowest BCUT2D eigenvalue weighted by Gasteiger charge is -2.26. The van der Waals surface area contributed by atoms with E-state index in [-0.39, 0.29) is 6.03 Å². The molecule has 0 aliphatic rings. The van der Waals surface area contributed by atoms with Crippen molar-refractivity contribution in [2.45, 2.75) is 19.8 Å². The molecule has 1 aromatic carbocycles. The number of allylic oxidation sites excluding steroid dienone is 1. The van der Waals surface area contributed by atoms with Crippen LogP contribution >= 0.6 is 0 Å². The van der Waals surface area contributed by atoms with Crippen molar-refractivity contribution in [1.82, 2.24) is 4.90 Å². The number of hydrogen-bond acceptors (Lipinski definition) is 3. The summed E-state index contributed by atoms with van der Waals surface area (Å²) in [4.78, 5) is 15.7. The van der Waals surface area contributed by atoms with Crippen molar-refractivity contribution in [1.29, 1.82) is 5.26 Å². The van der Waals surface area contributed by atoms with Crippen LogP contribution in [0.5, 0.6) is 5.75 Å². The number of nitrogens with zero attached hydrogens (tertiary/aromatic N) is 3. The van der Waals surface area contributed by atoms with Crippen molar-refractivity contribution in [2.24, 2.45) is 0 Å². The number of rotatable bonds is 6. The Labute approximate surface area is 126 Å².